The largest absolute Gasteiger partial charge is 0.393 e. The van der Waals surface area contributed by atoms with Gasteiger partial charge in [-0.2, -0.15) is 0 Å². The fraction of sp³-hybridized carbons (Fsp3) is 0.500. The smallest absolute Gasteiger partial charge is 0.240 e. The predicted molar refractivity (Wildman–Crippen MR) is 69.7 cm³/mol. The van der Waals surface area contributed by atoms with Crippen LogP contribution < -0.4 is 10.5 Å². The maximum Gasteiger partial charge on any atom is 0.240 e. The summed E-state index contributed by atoms with van der Waals surface area (Å²) in [7, 11) is -3.71. The van der Waals surface area contributed by atoms with E-state index in [1.807, 2.05) is 0 Å². The third-order valence-corrected chi connectivity index (χ3v) is 4.22. The second-order valence-corrected chi connectivity index (χ2v) is 6.22. The molecular formula is C12H18N2O3S. The van der Waals surface area contributed by atoms with Crippen LogP contribution in [-0.4, -0.2) is 25.7 Å². The summed E-state index contributed by atoms with van der Waals surface area (Å²) >= 11 is 0. The van der Waals surface area contributed by atoms with Crippen molar-refractivity contribution in [3.05, 3.63) is 24.3 Å². The maximum absolute atomic E-state index is 11.4. The Morgan fingerprint density at radius 1 is 1.17 bits per heavy atom. The summed E-state index contributed by atoms with van der Waals surface area (Å²) in [5.74, 6) is 0. The van der Waals surface area contributed by atoms with E-state index < -0.39 is 10.0 Å². The number of nitrogens with one attached hydrogen (secondary N) is 1. The highest BCUT2D eigenvalue weighted by Gasteiger charge is 2.21. The van der Waals surface area contributed by atoms with Gasteiger partial charge in [0, 0.05) is 6.04 Å². The summed E-state index contributed by atoms with van der Waals surface area (Å²) in [6.45, 7) is 0. The minimum absolute atomic E-state index is 0.121. The van der Waals surface area contributed by atoms with Crippen molar-refractivity contribution in [2.24, 2.45) is 5.14 Å². The Morgan fingerprint density at radius 2 is 1.78 bits per heavy atom. The molecule has 4 N–H and O–H groups in total. The average molecular weight is 270 g/mol. The first-order valence-corrected chi connectivity index (χ1v) is 7.58. The summed E-state index contributed by atoms with van der Waals surface area (Å²) in [6.07, 6.45) is 2.93. The Labute approximate surface area is 107 Å². The number of para-hydroxylation sites is 1. The van der Waals surface area contributed by atoms with E-state index in [0.717, 1.165) is 25.7 Å². The number of benzene rings is 1. The normalized spacial score (nSPS) is 24.8. The number of hydrogen-bond acceptors (Lipinski definition) is 4. The number of aliphatic hydroxyl groups excluding tert-OH is 1. The molecule has 1 aliphatic carbocycles. The third kappa shape index (κ3) is 3.22. The first kappa shape index (κ1) is 13.3. The lowest BCUT2D eigenvalue weighted by atomic mass is 9.93. The minimum atomic E-state index is -3.71. The molecule has 0 amide bonds. The first-order chi connectivity index (χ1) is 8.47. The highest BCUT2D eigenvalue weighted by Crippen LogP contribution is 2.25. The van der Waals surface area contributed by atoms with Crippen LogP contribution in [-0.2, 0) is 10.0 Å². The molecule has 1 aliphatic rings. The standard InChI is InChI=1S/C12H18N2O3S/c13-18(16,17)12-4-2-1-3-11(12)14-9-5-7-10(15)8-6-9/h1-4,9-10,14-15H,5-8H2,(H2,13,16,17). The first-order valence-electron chi connectivity index (χ1n) is 6.03. The molecule has 2 rings (SSSR count). The summed E-state index contributed by atoms with van der Waals surface area (Å²) in [5.41, 5.74) is 0.543. The number of sulfonamides is 1. The summed E-state index contributed by atoms with van der Waals surface area (Å²) in [6, 6.07) is 6.82. The number of anilines is 1. The van der Waals surface area contributed by atoms with Crippen molar-refractivity contribution in [2.45, 2.75) is 42.7 Å². The van der Waals surface area contributed by atoms with E-state index in [4.69, 9.17) is 5.14 Å². The molecule has 0 unspecified atom stereocenters. The van der Waals surface area contributed by atoms with E-state index >= 15 is 0 Å². The van der Waals surface area contributed by atoms with Crippen molar-refractivity contribution in [2.75, 3.05) is 5.32 Å². The van der Waals surface area contributed by atoms with Gasteiger partial charge in [-0.3, -0.25) is 0 Å². The number of primary sulfonamides is 1. The van der Waals surface area contributed by atoms with Crippen LogP contribution in [0.4, 0.5) is 5.69 Å². The van der Waals surface area contributed by atoms with Gasteiger partial charge in [0.2, 0.25) is 10.0 Å². The lowest BCUT2D eigenvalue weighted by Crippen LogP contribution is -2.29. The number of aliphatic hydroxyl groups is 1. The molecule has 0 bridgehead atoms. The van der Waals surface area contributed by atoms with Crippen LogP contribution in [0.15, 0.2) is 29.2 Å². The zero-order valence-corrected chi connectivity index (χ0v) is 10.9. The van der Waals surface area contributed by atoms with Gasteiger partial charge in [0.25, 0.3) is 0 Å². The number of hydrogen-bond donors (Lipinski definition) is 3. The highest BCUT2D eigenvalue weighted by atomic mass is 32.2. The molecule has 1 aromatic rings. The molecule has 0 spiro atoms. The molecule has 5 nitrogen and oxygen atoms in total. The molecule has 0 radical (unpaired) electrons. The third-order valence-electron chi connectivity index (χ3n) is 3.25. The van der Waals surface area contributed by atoms with E-state index in [1.165, 1.54) is 6.07 Å². The molecule has 6 heteroatoms. The van der Waals surface area contributed by atoms with E-state index in [9.17, 15) is 13.5 Å². The van der Waals surface area contributed by atoms with Gasteiger partial charge < -0.3 is 10.4 Å². The zero-order chi connectivity index (χ0) is 13.2. The Morgan fingerprint density at radius 3 is 2.39 bits per heavy atom. The molecule has 18 heavy (non-hydrogen) atoms. The second kappa shape index (κ2) is 5.26. The Bertz CT molecular complexity index is 508. The van der Waals surface area contributed by atoms with Crippen molar-refractivity contribution in [3.63, 3.8) is 0 Å². The topological polar surface area (TPSA) is 92.4 Å². The molecule has 100 valence electrons. The molecule has 0 heterocycles. The summed E-state index contributed by atoms with van der Waals surface area (Å²) in [4.78, 5) is 0.121. The fourth-order valence-corrected chi connectivity index (χ4v) is 2.98. The fourth-order valence-electron chi connectivity index (χ4n) is 2.27. The van der Waals surface area contributed by atoms with Gasteiger partial charge in [0.1, 0.15) is 4.90 Å². The van der Waals surface area contributed by atoms with E-state index in [2.05, 4.69) is 5.32 Å². The van der Waals surface area contributed by atoms with Gasteiger partial charge in [0.05, 0.1) is 11.8 Å². The highest BCUT2D eigenvalue weighted by molar-refractivity contribution is 7.89. The van der Waals surface area contributed by atoms with Crippen molar-refractivity contribution in [1.29, 1.82) is 0 Å². The SMILES string of the molecule is NS(=O)(=O)c1ccccc1NC1CCC(O)CC1. The molecular weight excluding hydrogens is 252 g/mol. The van der Waals surface area contributed by atoms with E-state index in [-0.39, 0.29) is 17.0 Å². The van der Waals surface area contributed by atoms with Crippen molar-refractivity contribution >= 4 is 15.7 Å². The van der Waals surface area contributed by atoms with Gasteiger partial charge >= 0.3 is 0 Å². The summed E-state index contributed by atoms with van der Waals surface area (Å²) < 4.78 is 22.9. The van der Waals surface area contributed by atoms with Crippen molar-refractivity contribution < 1.29 is 13.5 Å². The predicted octanol–water partition coefficient (Wildman–Crippen LogP) is 1.05. The van der Waals surface area contributed by atoms with Crippen LogP contribution in [0.2, 0.25) is 0 Å². The van der Waals surface area contributed by atoms with Crippen LogP contribution in [0.25, 0.3) is 0 Å². The molecule has 1 aromatic carbocycles. The Kier molecular flexibility index (Phi) is 3.89. The van der Waals surface area contributed by atoms with Crippen LogP contribution in [0.1, 0.15) is 25.7 Å². The lowest BCUT2D eigenvalue weighted by molar-refractivity contribution is 0.126. The second-order valence-electron chi connectivity index (χ2n) is 4.69. The molecule has 1 fully saturated rings. The van der Waals surface area contributed by atoms with Gasteiger partial charge in [0.15, 0.2) is 0 Å². The van der Waals surface area contributed by atoms with E-state index in [1.54, 1.807) is 18.2 Å². The summed E-state index contributed by atoms with van der Waals surface area (Å²) in [5, 5.41) is 17.8. The van der Waals surface area contributed by atoms with Gasteiger partial charge in [-0.15, -0.1) is 0 Å². The molecule has 0 aromatic heterocycles. The quantitative estimate of drug-likeness (QED) is 0.765. The molecule has 0 atom stereocenters. The minimum Gasteiger partial charge on any atom is -0.393 e. The van der Waals surface area contributed by atoms with Crippen LogP contribution in [0.3, 0.4) is 0 Å². The molecule has 1 saturated carbocycles. The van der Waals surface area contributed by atoms with Crippen molar-refractivity contribution in [3.8, 4) is 0 Å². The van der Waals surface area contributed by atoms with E-state index in [0.29, 0.717) is 5.69 Å². The van der Waals surface area contributed by atoms with Crippen LogP contribution >= 0.6 is 0 Å². The Balaban J connectivity index is 2.15. The lowest BCUT2D eigenvalue weighted by Gasteiger charge is -2.27. The van der Waals surface area contributed by atoms with Gasteiger partial charge in [-0.05, 0) is 37.8 Å². The van der Waals surface area contributed by atoms with Crippen LogP contribution in [0.5, 0.6) is 0 Å². The van der Waals surface area contributed by atoms with Gasteiger partial charge in [-0.25, -0.2) is 13.6 Å². The maximum atomic E-state index is 11.4. The number of rotatable bonds is 3. The average Bonchev–Trinajstić information content (AvgIpc) is 2.31. The molecule has 0 aliphatic heterocycles. The Hall–Kier alpha value is -1.11. The number of nitrogens with two attached hydrogens (primary N) is 1. The zero-order valence-electron chi connectivity index (χ0n) is 10.0. The van der Waals surface area contributed by atoms with Crippen LogP contribution in [0, 0.1) is 0 Å². The molecule has 0 saturated heterocycles. The monoisotopic (exact) mass is 270 g/mol. The van der Waals surface area contributed by atoms with Gasteiger partial charge in [-0.1, -0.05) is 12.1 Å². The van der Waals surface area contributed by atoms with Crippen molar-refractivity contribution in [1.82, 2.24) is 0 Å².